The first-order chi connectivity index (χ1) is 21.1. The minimum absolute atomic E-state index is 0.0290. The van der Waals surface area contributed by atoms with Crippen molar-refractivity contribution >= 4 is 23.9 Å². The van der Waals surface area contributed by atoms with E-state index in [-0.39, 0.29) is 30.8 Å². The van der Waals surface area contributed by atoms with E-state index in [1.54, 1.807) is 6.92 Å². The Morgan fingerprint density at radius 3 is 2.07 bits per heavy atom. The molecule has 2 aromatic carbocycles. The molecule has 1 aliphatic carbocycles. The third kappa shape index (κ3) is 7.83. The number of benzene rings is 2. The van der Waals surface area contributed by atoms with Gasteiger partial charge in [-0.15, -0.1) is 0 Å². The third-order valence-corrected chi connectivity index (χ3v) is 8.05. The maximum absolute atomic E-state index is 13.6. The number of ether oxygens (including phenoxy) is 1. The molecule has 0 saturated carbocycles. The van der Waals surface area contributed by atoms with Gasteiger partial charge in [0.1, 0.15) is 24.7 Å². The first-order valence-electron chi connectivity index (χ1n) is 15.0. The van der Waals surface area contributed by atoms with E-state index >= 15 is 0 Å². The van der Waals surface area contributed by atoms with Crippen molar-refractivity contribution in [1.29, 1.82) is 0 Å². The highest BCUT2D eigenvalue weighted by molar-refractivity contribution is 5.93. The van der Waals surface area contributed by atoms with E-state index in [9.17, 15) is 24.3 Å². The molecular formula is C33H41N5O6. The summed E-state index contributed by atoms with van der Waals surface area (Å²) in [5.74, 6) is -2.83. The Hall–Kier alpha value is -4.67. The number of nitrogens with zero attached hydrogens (tertiary/aromatic N) is 1. The summed E-state index contributed by atoms with van der Waals surface area (Å²) >= 11 is 0. The van der Waals surface area contributed by atoms with Crippen molar-refractivity contribution in [2.45, 2.75) is 71.0 Å². The van der Waals surface area contributed by atoms with Crippen molar-refractivity contribution in [2.75, 3.05) is 6.61 Å². The van der Waals surface area contributed by atoms with Gasteiger partial charge in [0.2, 0.25) is 11.8 Å². The first kappa shape index (κ1) is 32.2. The normalized spacial score (nSPS) is 14.9. The van der Waals surface area contributed by atoms with Crippen LogP contribution >= 0.6 is 0 Å². The van der Waals surface area contributed by atoms with Gasteiger partial charge in [-0.2, -0.15) is 0 Å². The molecule has 1 aliphatic rings. The second-order valence-corrected chi connectivity index (χ2v) is 11.7. The topological polar surface area (TPSA) is 163 Å². The number of carbonyl (C=O) groups is 4. The van der Waals surface area contributed by atoms with Gasteiger partial charge in [0.25, 0.3) is 0 Å². The van der Waals surface area contributed by atoms with Crippen LogP contribution < -0.4 is 16.0 Å². The lowest BCUT2D eigenvalue weighted by Gasteiger charge is -2.26. The largest absolute Gasteiger partial charge is 0.480 e. The molecule has 5 N–H and O–H groups in total. The molecule has 0 aliphatic heterocycles. The van der Waals surface area contributed by atoms with Crippen LogP contribution in [0.3, 0.4) is 0 Å². The quantitative estimate of drug-likeness (QED) is 0.186. The van der Waals surface area contributed by atoms with Crippen LogP contribution in [-0.4, -0.2) is 63.7 Å². The summed E-state index contributed by atoms with van der Waals surface area (Å²) in [6.07, 6.45) is 3.10. The van der Waals surface area contributed by atoms with E-state index in [1.165, 1.54) is 12.5 Å². The van der Waals surface area contributed by atoms with Gasteiger partial charge < -0.3 is 30.8 Å². The summed E-state index contributed by atoms with van der Waals surface area (Å²) in [6.45, 7) is 7.49. The minimum Gasteiger partial charge on any atom is -0.480 e. The maximum Gasteiger partial charge on any atom is 0.407 e. The molecule has 0 bridgehead atoms. The van der Waals surface area contributed by atoms with Crippen LogP contribution in [0.15, 0.2) is 61.1 Å². The number of hydrogen-bond donors (Lipinski definition) is 5. The van der Waals surface area contributed by atoms with Crippen molar-refractivity contribution in [3.8, 4) is 11.1 Å². The molecule has 11 heteroatoms. The van der Waals surface area contributed by atoms with Crippen LogP contribution in [0.25, 0.3) is 11.1 Å². The Kier molecular flexibility index (Phi) is 10.8. The van der Waals surface area contributed by atoms with E-state index < -0.39 is 42.0 Å². The molecule has 234 valence electrons. The van der Waals surface area contributed by atoms with Crippen LogP contribution in [0, 0.1) is 11.8 Å². The van der Waals surface area contributed by atoms with E-state index in [2.05, 4.69) is 38.1 Å². The second-order valence-electron chi connectivity index (χ2n) is 11.7. The molecule has 3 aromatic rings. The van der Waals surface area contributed by atoms with Crippen molar-refractivity contribution in [2.24, 2.45) is 11.8 Å². The number of carboxylic acids is 1. The number of imidazole rings is 1. The average molecular weight is 604 g/mol. The van der Waals surface area contributed by atoms with Crippen LogP contribution in [0.4, 0.5) is 4.79 Å². The highest BCUT2D eigenvalue weighted by Gasteiger charge is 2.33. The number of rotatable bonds is 14. The fraction of sp³-hybridized carbons (Fsp3) is 0.424. The Morgan fingerprint density at radius 1 is 0.909 bits per heavy atom. The molecule has 11 nitrogen and oxygen atoms in total. The second kappa shape index (κ2) is 14.7. The Morgan fingerprint density at radius 2 is 1.52 bits per heavy atom. The van der Waals surface area contributed by atoms with Crippen molar-refractivity contribution < 1.29 is 29.0 Å². The summed E-state index contributed by atoms with van der Waals surface area (Å²) in [6, 6.07) is 12.8. The zero-order valence-electron chi connectivity index (χ0n) is 25.5. The highest BCUT2D eigenvalue weighted by atomic mass is 16.5. The lowest BCUT2D eigenvalue weighted by atomic mass is 9.98. The number of nitrogens with one attached hydrogen (secondary N) is 4. The SMILES string of the molecule is CC[C@H](C)[C@H](NC(=O)[C@H](Cc1cnc[nH]1)NC(=O)[C@H](CC(C)C)NC(=O)OCC1c2ccccc2-c2ccccc21)C(=O)O. The number of alkyl carbamates (subject to hydrolysis) is 1. The summed E-state index contributed by atoms with van der Waals surface area (Å²) in [4.78, 5) is 58.7. The van der Waals surface area contributed by atoms with E-state index in [1.807, 2.05) is 57.2 Å². The van der Waals surface area contributed by atoms with Gasteiger partial charge in [-0.25, -0.2) is 14.6 Å². The van der Waals surface area contributed by atoms with Crippen molar-refractivity contribution in [3.63, 3.8) is 0 Å². The van der Waals surface area contributed by atoms with Gasteiger partial charge in [0, 0.05) is 24.2 Å². The molecule has 0 unspecified atom stereocenters. The predicted molar refractivity (Wildman–Crippen MR) is 165 cm³/mol. The molecule has 0 radical (unpaired) electrons. The predicted octanol–water partition coefficient (Wildman–Crippen LogP) is 4.01. The number of amides is 3. The molecule has 0 saturated heterocycles. The minimum atomic E-state index is -1.16. The molecule has 1 aromatic heterocycles. The molecule has 0 fully saturated rings. The lowest BCUT2D eigenvalue weighted by Crippen LogP contribution is -2.57. The van der Waals surface area contributed by atoms with E-state index in [0.717, 1.165) is 22.3 Å². The van der Waals surface area contributed by atoms with Crippen molar-refractivity contribution in [3.05, 3.63) is 77.9 Å². The summed E-state index contributed by atoms with van der Waals surface area (Å²) in [5.41, 5.74) is 4.93. The number of aromatic amines is 1. The summed E-state index contributed by atoms with van der Waals surface area (Å²) in [5, 5.41) is 17.7. The highest BCUT2D eigenvalue weighted by Crippen LogP contribution is 2.44. The molecular weight excluding hydrogens is 562 g/mol. The Labute approximate surface area is 257 Å². The third-order valence-electron chi connectivity index (χ3n) is 8.05. The van der Waals surface area contributed by atoms with Crippen LogP contribution in [0.5, 0.6) is 0 Å². The number of carbonyl (C=O) groups excluding carboxylic acids is 3. The number of carboxylic acid groups (broad SMARTS) is 1. The van der Waals surface area contributed by atoms with Crippen LogP contribution in [-0.2, 0) is 25.5 Å². The first-order valence-corrected chi connectivity index (χ1v) is 15.0. The number of aliphatic carboxylic acids is 1. The van der Waals surface area contributed by atoms with Crippen LogP contribution in [0.1, 0.15) is 63.3 Å². The average Bonchev–Trinajstić information content (AvgIpc) is 3.63. The van der Waals surface area contributed by atoms with Gasteiger partial charge in [-0.3, -0.25) is 9.59 Å². The van der Waals surface area contributed by atoms with Gasteiger partial charge in [-0.1, -0.05) is 82.6 Å². The molecule has 0 spiro atoms. The molecule has 3 amide bonds. The fourth-order valence-electron chi connectivity index (χ4n) is 5.52. The maximum atomic E-state index is 13.6. The summed E-state index contributed by atoms with van der Waals surface area (Å²) < 4.78 is 5.67. The van der Waals surface area contributed by atoms with E-state index in [4.69, 9.17) is 4.74 Å². The molecule has 4 atom stereocenters. The number of fused-ring (bicyclic) bond motifs is 3. The Balaban J connectivity index is 1.45. The zero-order chi connectivity index (χ0) is 31.8. The van der Waals surface area contributed by atoms with Gasteiger partial charge in [0.05, 0.1) is 6.33 Å². The molecule has 1 heterocycles. The zero-order valence-corrected chi connectivity index (χ0v) is 25.5. The standard InChI is InChI=1S/C33H41N5O6/c1-5-20(4)29(32(41)42)38-31(40)28(15-21-16-34-18-35-21)36-30(39)27(14-19(2)3)37-33(43)44-17-26-24-12-8-6-10-22(24)23-11-7-9-13-25(23)26/h6-13,16,18-20,26-29H,5,14-15,17H2,1-4H3,(H,34,35)(H,36,39)(H,37,43)(H,38,40)(H,41,42)/t20-,27-,28-,29-/m0/s1. The monoisotopic (exact) mass is 603 g/mol. The fourth-order valence-corrected chi connectivity index (χ4v) is 5.52. The lowest BCUT2D eigenvalue weighted by molar-refractivity contribution is -0.143. The number of H-pyrrole nitrogens is 1. The number of hydrogen-bond acceptors (Lipinski definition) is 6. The van der Waals surface area contributed by atoms with Gasteiger partial charge in [0.15, 0.2) is 0 Å². The van der Waals surface area contributed by atoms with Gasteiger partial charge >= 0.3 is 12.1 Å². The molecule has 4 rings (SSSR count). The Bertz CT molecular complexity index is 1410. The van der Waals surface area contributed by atoms with Crippen LogP contribution in [0.2, 0.25) is 0 Å². The van der Waals surface area contributed by atoms with Crippen molar-refractivity contribution in [1.82, 2.24) is 25.9 Å². The summed E-state index contributed by atoms with van der Waals surface area (Å²) in [7, 11) is 0. The molecule has 44 heavy (non-hydrogen) atoms. The van der Waals surface area contributed by atoms with Gasteiger partial charge in [-0.05, 0) is 40.5 Å². The van der Waals surface area contributed by atoms with E-state index in [0.29, 0.717) is 18.5 Å². The number of aromatic nitrogens is 2. The smallest absolute Gasteiger partial charge is 0.407 e.